The summed E-state index contributed by atoms with van der Waals surface area (Å²) in [5.74, 6) is -0.211. The van der Waals surface area contributed by atoms with Crippen molar-refractivity contribution in [3.63, 3.8) is 0 Å². The Bertz CT molecular complexity index is 588. The van der Waals surface area contributed by atoms with Crippen molar-refractivity contribution in [1.82, 2.24) is 5.43 Å². The zero-order valence-corrected chi connectivity index (χ0v) is 11.9. The van der Waals surface area contributed by atoms with Crippen molar-refractivity contribution in [3.8, 4) is 11.1 Å². The number of para-hydroxylation sites is 1. The maximum atomic E-state index is 13.4. The minimum atomic E-state index is -0.211. The van der Waals surface area contributed by atoms with E-state index in [0.29, 0.717) is 0 Å². The van der Waals surface area contributed by atoms with Crippen LogP contribution in [-0.4, -0.2) is 11.5 Å². The maximum Gasteiger partial charge on any atom is 0.123 e. The standard InChI is InChI=1S/C15H14BrFN2/c16-15-8-9-18-19(15)14-7-2-1-6-13(14)11-4-3-5-12(17)10-11/h1-7,10,15,18H,8-9H2. The lowest BCUT2D eigenvalue weighted by molar-refractivity contribution is 0.628. The number of halogens is 2. The molecule has 0 radical (unpaired) electrons. The van der Waals surface area contributed by atoms with Gasteiger partial charge in [0.25, 0.3) is 0 Å². The molecular weight excluding hydrogens is 307 g/mol. The molecule has 3 rings (SSSR count). The van der Waals surface area contributed by atoms with Crippen LogP contribution < -0.4 is 10.4 Å². The molecule has 1 saturated heterocycles. The van der Waals surface area contributed by atoms with Crippen LogP contribution in [-0.2, 0) is 0 Å². The van der Waals surface area contributed by atoms with Crippen LogP contribution in [0.25, 0.3) is 11.1 Å². The molecule has 98 valence electrons. The molecule has 19 heavy (non-hydrogen) atoms. The monoisotopic (exact) mass is 320 g/mol. The van der Waals surface area contributed by atoms with Crippen molar-refractivity contribution in [2.45, 2.75) is 11.4 Å². The Morgan fingerprint density at radius 2 is 2.00 bits per heavy atom. The summed E-state index contributed by atoms with van der Waals surface area (Å²) in [6, 6.07) is 14.7. The van der Waals surface area contributed by atoms with Crippen LogP contribution in [0, 0.1) is 5.82 Å². The van der Waals surface area contributed by atoms with Crippen molar-refractivity contribution >= 4 is 21.6 Å². The first-order valence-electron chi connectivity index (χ1n) is 6.27. The van der Waals surface area contributed by atoms with Crippen molar-refractivity contribution < 1.29 is 4.39 Å². The van der Waals surface area contributed by atoms with E-state index in [9.17, 15) is 4.39 Å². The van der Waals surface area contributed by atoms with Crippen LogP contribution in [0.4, 0.5) is 10.1 Å². The van der Waals surface area contributed by atoms with Crippen LogP contribution in [0.3, 0.4) is 0 Å². The Hall–Kier alpha value is -1.39. The lowest BCUT2D eigenvalue weighted by Crippen LogP contribution is -2.34. The van der Waals surface area contributed by atoms with E-state index in [2.05, 4.69) is 26.4 Å². The molecule has 1 atom stereocenters. The van der Waals surface area contributed by atoms with Crippen LogP contribution in [0.1, 0.15) is 6.42 Å². The van der Waals surface area contributed by atoms with Gasteiger partial charge in [0.2, 0.25) is 0 Å². The van der Waals surface area contributed by atoms with Gasteiger partial charge in [0.05, 0.1) is 5.69 Å². The van der Waals surface area contributed by atoms with Crippen molar-refractivity contribution in [2.24, 2.45) is 0 Å². The molecule has 1 aliphatic heterocycles. The Balaban J connectivity index is 2.07. The molecule has 4 heteroatoms. The Labute approximate surface area is 120 Å². The first-order valence-corrected chi connectivity index (χ1v) is 7.19. The number of benzene rings is 2. The number of hydrogen-bond donors (Lipinski definition) is 1. The molecular formula is C15H14BrFN2. The minimum absolute atomic E-state index is 0.211. The molecule has 2 nitrogen and oxygen atoms in total. The number of rotatable bonds is 2. The third-order valence-corrected chi connectivity index (χ3v) is 4.11. The highest BCUT2D eigenvalue weighted by atomic mass is 79.9. The summed E-state index contributed by atoms with van der Waals surface area (Å²) < 4.78 is 13.4. The summed E-state index contributed by atoms with van der Waals surface area (Å²) in [4.78, 5) is 0.266. The zero-order chi connectivity index (χ0) is 13.2. The zero-order valence-electron chi connectivity index (χ0n) is 10.3. The highest BCUT2D eigenvalue weighted by molar-refractivity contribution is 9.09. The Kier molecular flexibility index (Phi) is 3.53. The largest absolute Gasteiger partial charge is 0.294 e. The summed E-state index contributed by atoms with van der Waals surface area (Å²) in [7, 11) is 0. The van der Waals surface area contributed by atoms with Gasteiger partial charge in [-0.25, -0.2) is 9.82 Å². The van der Waals surface area contributed by atoms with Gasteiger partial charge in [-0.05, 0) is 30.2 Å². The van der Waals surface area contributed by atoms with Crippen molar-refractivity contribution in [2.75, 3.05) is 11.6 Å². The molecule has 0 spiro atoms. The SMILES string of the molecule is Fc1cccc(-c2ccccc2N2NCCC2Br)c1. The van der Waals surface area contributed by atoms with Gasteiger partial charge < -0.3 is 0 Å². The average Bonchev–Trinajstić information content (AvgIpc) is 2.85. The van der Waals surface area contributed by atoms with E-state index in [1.807, 2.05) is 30.3 Å². The molecule has 1 fully saturated rings. The highest BCUT2D eigenvalue weighted by Crippen LogP contribution is 2.34. The summed E-state index contributed by atoms with van der Waals surface area (Å²) in [6.45, 7) is 0.938. The molecule has 0 aromatic heterocycles. The fourth-order valence-electron chi connectivity index (χ4n) is 2.35. The van der Waals surface area contributed by atoms with Gasteiger partial charge in [-0.1, -0.05) is 46.3 Å². The molecule has 2 aromatic carbocycles. The van der Waals surface area contributed by atoms with E-state index in [1.165, 1.54) is 6.07 Å². The summed E-state index contributed by atoms with van der Waals surface area (Å²) in [5, 5.41) is 2.10. The van der Waals surface area contributed by atoms with Crippen LogP contribution in [0.2, 0.25) is 0 Å². The van der Waals surface area contributed by atoms with E-state index < -0.39 is 0 Å². The molecule has 0 saturated carbocycles. The molecule has 0 bridgehead atoms. The van der Waals surface area contributed by atoms with Crippen LogP contribution >= 0.6 is 15.9 Å². The molecule has 2 aromatic rings. The molecule has 1 aliphatic rings. The quantitative estimate of drug-likeness (QED) is 0.666. The maximum absolute atomic E-state index is 13.4. The summed E-state index contributed by atoms with van der Waals surface area (Å²) in [5.41, 5.74) is 6.32. The molecule has 1 unspecified atom stereocenters. The molecule has 1 N–H and O–H groups in total. The first kappa shape index (κ1) is 12.6. The number of anilines is 1. The lowest BCUT2D eigenvalue weighted by Gasteiger charge is -2.25. The van der Waals surface area contributed by atoms with E-state index in [4.69, 9.17) is 0 Å². The number of alkyl halides is 1. The molecule has 0 amide bonds. The lowest BCUT2D eigenvalue weighted by atomic mass is 10.0. The number of nitrogens with zero attached hydrogens (tertiary/aromatic N) is 1. The second-order valence-corrected chi connectivity index (χ2v) is 5.59. The number of nitrogens with one attached hydrogen (secondary N) is 1. The third kappa shape index (κ3) is 2.51. The second kappa shape index (κ2) is 5.31. The number of hydrazine groups is 1. The fourth-order valence-corrected chi connectivity index (χ4v) is 2.95. The van der Waals surface area contributed by atoms with Crippen molar-refractivity contribution in [1.29, 1.82) is 0 Å². The van der Waals surface area contributed by atoms with Crippen molar-refractivity contribution in [3.05, 3.63) is 54.3 Å². The first-order chi connectivity index (χ1) is 9.25. The predicted molar refractivity (Wildman–Crippen MR) is 79.6 cm³/mol. The van der Waals surface area contributed by atoms with Gasteiger partial charge in [-0.15, -0.1) is 0 Å². The number of hydrogen-bond acceptors (Lipinski definition) is 2. The summed E-state index contributed by atoms with van der Waals surface area (Å²) >= 11 is 3.65. The predicted octanol–water partition coefficient (Wildman–Crippen LogP) is 3.93. The highest BCUT2D eigenvalue weighted by Gasteiger charge is 2.23. The van der Waals surface area contributed by atoms with E-state index in [1.54, 1.807) is 12.1 Å². The Morgan fingerprint density at radius 3 is 2.74 bits per heavy atom. The van der Waals surface area contributed by atoms with E-state index >= 15 is 0 Å². The van der Waals surface area contributed by atoms with Gasteiger partial charge in [0.1, 0.15) is 10.8 Å². The molecule has 1 heterocycles. The average molecular weight is 321 g/mol. The van der Waals surface area contributed by atoms with Gasteiger partial charge in [0, 0.05) is 12.1 Å². The topological polar surface area (TPSA) is 15.3 Å². The van der Waals surface area contributed by atoms with Gasteiger partial charge >= 0.3 is 0 Å². The van der Waals surface area contributed by atoms with Gasteiger partial charge in [-0.2, -0.15) is 0 Å². The smallest absolute Gasteiger partial charge is 0.123 e. The second-order valence-electron chi connectivity index (χ2n) is 4.53. The normalized spacial score (nSPS) is 18.8. The van der Waals surface area contributed by atoms with Crippen LogP contribution in [0.5, 0.6) is 0 Å². The van der Waals surface area contributed by atoms with E-state index in [-0.39, 0.29) is 10.8 Å². The van der Waals surface area contributed by atoms with Gasteiger partial charge in [-0.3, -0.25) is 5.01 Å². The molecule has 0 aliphatic carbocycles. The van der Waals surface area contributed by atoms with Gasteiger partial charge in [0.15, 0.2) is 0 Å². The van der Waals surface area contributed by atoms with E-state index in [0.717, 1.165) is 29.8 Å². The Morgan fingerprint density at radius 1 is 1.16 bits per heavy atom. The summed E-state index contributed by atoms with van der Waals surface area (Å²) in [6.07, 6.45) is 1.04. The fraction of sp³-hybridized carbons (Fsp3) is 0.200. The minimum Gasteiger partial charge on any atom is -0.294 e. The van der Waals surface area contributed by atoms with Crippen LogP contribution in [0.15, 0.2) is 48.5 Å². The third-order valence-electron chi connectivity index (χ3n) is 3.24.